The third kappa shape index (κ3) is 6.22. The van der Waals surface area contributed by atoms with E-state index >= 15 is 0 Å². The van der Waals surface area contributed by atoms with Crippen molar-refractivity contribution in [1.82, 2.24) is 4.98 Å². The molecule has 0 aliphatic carbocycles. The molecular formula is C30H28N4O4S. The summed E-state index contributed by atoms with van der Waals surface area (Å²) in [7, 11) is 0. The molecule has 39 heavy (non-hydrogen) atoms. The van der Waals surface area contributed by atoms with Gasteiger partial charge in [-0.25, -0.2) is 9.78 Å². The summed E-state index contributed by atoms with van der Waals surface area (Å²) >= 11 is 1.29. The third-order valence-corrected chi connectivity index (χ3v) is 6.65. The van der Waals surface area contributed by atoms with Gasteiger partial charge < -0.3 is 20.6 Å². The number of esters is 1. The number of oxime groups is 1. The minimum Gasteiger partial charge on any atom is -0.457 e. The van der Waals surface area contributed by atoms with Crippen LogP contribution in [0.5, 0.6) is 0 Å². The molecule has 0 fully saturated rings. The Morgan fingerprint density at radius 2 is 1.51 bits per heavy atom. The van der Waals surface area contributed by atoms with Gasteiger partial charge in [-0.2, -0.15) is 0 Å². The van der Waals surface area contributed by atoms with Crippen molar-refractivity contribution < 1.29 is 19.2 Å². The maximum absolute atomic E-state index is 12.8. The van der Waals surface area contributed by atoms with E-state index in [-0.39, 0.29) is 18.0 Å². The number of nitrogens with zero attached hydrogens (tertiary/aromatic N) is 2. The van der Waals surface area contributed by atoms with E-state index in [4.69, 9.17) is 15.3 Å². The molecule has 0 aliphatic heterocycles. The van der Waals surface area contributed by atoms with Gasteiger partial charge in [0, 0.05) is 5.38 Å². The molecule has 0 unspecified atom stereocenters. The van der Waals surface area contributed by atoms with Crippen molar-refractivity contribution in [2.75, 3.05) is 11.9 Å². The Labute approximate surface area is 230 Å². The van der Waals surface area contributed by atoms with Crippen LogP contribution in [0.3, 0.4) is 0 Å². The van der Waals surface area contributed by atoms with Gasteiger partial charge in [0.2, 0.25) is 11.8 Å². The number of anilines is 1. The molecule has 1 aromatic heterocycles. The minimum absolute atomic E-state index is 0.0302. The molecule has 4 aromatic rings. The summed E-state index contributed by atoms with van der Waals surface area (Å²) in [5.74, 6) is -1.50. The zero-order chi connectivity index (χ0) is 27.7. The van der Waals surface area contributed by atoms with Gasteiger partial charge in [-0.05, 0) is 23.6 Å². The van der Waals surface area contributed by atoms with Gasteiger partial charge in [-0.3, -0.25) is 4.79 Å². The summed E-state index contributed by atoms with van der Waals surface area (Å²) in [5.41, 5.74) is 7.48. The number of rotatable bonds is 12. The van der Waals surface area contributed by atoms with Gasteiger partial charge >= 0.3 is 5.97 Å². The van der Waals surface area contributed by atoms with E-state index < -0.39 is 23.5 Å². The van der Waals surface area contributed by atoms with Crippen LogP contribution in [0.25, 0.3) is 0 Å². The van der Waals surface area contributed by atoms with E-state index in [1.165, 1.54) is 24.3 Å². The number of hydrogen-bond donors (Lipinski definition) is 2. The van der Waals surface area contributed by atoms with Crippen molar-refractivity contribution in [2.24, 2.45) is 10.9 Å². The molecule has 198 valence electrons. The van der Waals surface area contributed by atoms with Crippen LogP contribution >= 0.6 is 11.3 Å². The van der Waals surface area contributed by atoms with E-state index in [1.807, 2.05) is 54.6 Å². The first-order valence-electron chi connectivity index (χ1n) is 12.2. The smallest absolute Gasteiger partial charge is 0.363 e. The Bertz CT molecular complexity index is 1340. The van der Waals surface area contributed by atoms with Crippen molar-refractivity contribution >= 4 is 34.1 Å². The molecule has 0 bridgehead atoms. The van der Waals surface area contributed by atoms with Crippen LogP contribution < -0.4 is 11.1 Å². The highest BCUT2D eigenvalue weighted by Gasteiger charge is 2.37. The number of aromatic nitrogens is 1. The molecule has 3 aromatic carbocycles. The Hall–Kier alpha value is -4.76. The molecule has 3 N–H and O–H groups in total. The lowest BCUT2D eigenvalue weighted by Crippen LogP contribution is -2.38. The predicted octanol–water partition coefficient (Wildman–Crippen LogP) is 4.87. The Balaban J connectivity index is 1.81. The number of ether oxygens (including phenoxy) is 1. The summed E-state index contributed by atoms with van der Waals surface area (Å²) in [4.78, 5) is 34.1. The highest BCUT2D eigenvalue weighted by molar-refractivity contribution is 7.14. The molecule has 4 rings (SSSR count). The standard InChI is InChI=1S/C30H28N4O4S/c1-3-19-37-28(36)26(34-38-21(2)27(31)35)25-20-39-29(32-25)33-30(22-13-7-4-8-14-22,23-15-9-5-10-16-23)24-17-11-6-12-18-24/h3-18,20-21H,1,19H2,2H3,(H2,31,35)(H,32,33)/t21-/m0/s1. The fourth-order valence-electron chi connectivity index (χ4n) is 3.96. The molecule has 0 aliphatic rings. The Morgan fingerprint density at radius 1 is 1.00 bits per heavy atom. The lowest BCUT2D eigenvalue weighted by atomic mass is 9.77. The van der Waals surface area contributed by atoms with Crippen LogP contribution in [0, 0.1) is 0 Å². The molecule has 1 amide bonds. The number of carbonyl (C=O) groups excluding carboxylic acids is 2. The largest absolute Gasteiger partial charge is 0.457 e. The molecule has 0 saturated carbocycles. The fraction of sp³-hybridized carbons (Fsp3) is 0.133. The first-order valence-corrected chi connectivity index (χ1v) is 13.1. The summed E-state index contributed by atoms with van der Waals surface area (Å²) in [6.07, 6.45) is 0.384. The fourth-order valence-corrected chi connectivity index (χ4v) is 4.71. The van der Waals surface area contributed by atoms with Crippen LogP contribution in [0.15, 0.2) is 114 Å². The Morgan fingerprint density at radius 3 is 1.97 bits per heavy atom. The van der Waals surface area contributed by atoms with Gasteiger partial charge in [0.1, 0.15) is 17.8 Å². The third-order valence-electron chi connectivity index (χ3n) is 5.89. The van der Waals surface area contributed by atoms with Crippen LogP contribution in [0.1, 0.15) is 29.3 Å². The van der Waals surface area contributed by atoms with Crippen LogP contribution in [-0.2, 0) is 24.7 Å². The normalized spacial score (nSPS) is 12.3. The van der Waals surface area contributed by atoms with Crippen LogP contribution in [0.4, 0.5) is 5.13 Å². The maximum atomic E-state index is 12.8. The molecule has 1 heterocycles. The number of nitrogens with two attached hydrogens (primary N) is 1. The first-order chi connectivity index (χ1) is 19.0. The number of benzene rings is 3. The quantitative estimate of drug-likeness (QED) is 0.0871. The van der Waals surface area contributed by atoms with E-state index in [0.717, 1.165) is 16.7 Å². The first kappa shape index (κ1) is 27.3. The number of hydrogen-bond acceptors (Lipinski definition) is 8. The van der Waals surface area contributed by atoms with Crippen molar-refractivity contribution in [1.29, 1.82) is 0 Å². The molecular weight excluding hydrogens is 512 g/mol. The summed E-state index contributed by atoms with van der Waals surface area (Å²) < 4.78 is 5.18. The van der Waals surface area contributed by atoms with Crippen molar-refractivity contribution in [3.05, 3.63) is 131 Å². The van der Waals surface area contributed by atoms with Crippen molar-refractivity contribution in [2.45, 2.75) is 18.6 Å². The zero-order valence-corrected chi connectivity index (χ0v) is 22.1. The van der Waals surface area contributed by atoms with Gasteiger partial charge in [0.05, 0.1) is 0 Å². The van der Waals surface area contributed by atoms with E-state index in [9.17, 15) is 9.59 Å². The van der Waals surface area contributed by atoms with Gasteiger partial charge in [0.25, 0.3) is 5.91 Å². The molecule has 9 heteroatoms. The lowest BCUT2D eigenvalue weighted by Gasteiger charge is -2.36. The second kappa shape index (κ2) is 12.7. The SMILES string of the molecule is C=CCOC(=O)C(=NO[C@@H](C)C(N)=O)c1csc(NC(c2ccccc2)(c2ccccc2)c2ccccc2)n1. The maximum Gasteiger partial charge on any atom is 0.363 e. The number of carbonyl (C=O) groups is 2. The van der Waals surface area contributed by atoms with Crippen LogP contribution in [0.2, 0.25) is 0 Å². The number of amides is 1. The van der Waals surface area contributed by atoms with Gasteiger partial charge in [-0.15, -0.1) is 11.3 Å². The number of thiazole rings is 1. The van der Waals surface area contributed by atoms with Gasteiger partial charge in [0.15, 0.2) is 5.13 Å². The molecule has 0 radical (unpaired) electrons. The second-order valence-electron chi connectivity index (χ2n) is 8.49. The lowest BCUT2D eigenvalue weighted by molar-refractivity contribution is -0.135. The molecule has 0 spiro atoms. The monoisotopic (exact) mass is 540 g/mol. The highest BCUT2D eigenvalue weighted by atomic mass is 32.1. The average molecular weight is 541 g/mol. The van der Waals surface area contributed by atoms with E-state index in [2.05, 4.69) is 58.4 Å². The predicted molar refractivity (Wildman–Crippen MR) is 152 cm³/mol. The number of primary amides is 1. The molecule has 1 atom stereocenters. The van der Waals surface area contributed by atoms with E-state index in [0.29, 0.717) is 5.13 Å². The van der Waals surface area contributed by atoms with Gasteiger partial charge in [-0.1, -0.05) is 109 Å². The Kier molecular flexibility index (Phi) is 8.86. The summed E-state index contributed by atoms with van der Waals surface area (Å²) in [5, 5.41) is 9.72. The highest BCUT2D eigenvalue weighted by Crippen LogP contribution is 2.40. The second-order valence-corrected chi connectivity index (χ2v) is 9.35. The number of nitrogens with one attached hydrogen (secondary N) is 1. The summed E-state index contributed by atoms with van der Waals surface area (Å²) in [6, 6.07) is 30.2. The zero-order valence-electron chi connectivity index (χ0n) is 21.3. The molecule has 0 saturated heterocycles. The average Bonchev–Trinajstić information content (AvgIpc) is 3.44. The van der Waals surface area contributed by atoms with Crippen molar-refractivity contribution in [3.63, 3.8) is 0 Å². The van der Waals surface area contributed by atoms with E-state index in [1.54, 1.807) is 5.38 Å². The van der Waals surface area contributed by atoms with Crippen molar-refractivity contribution in [3.8, 4) is 0 Å². The minimum atomic E-state index is -1.05. The topological polar surface area (TPSA) is 116 Å². The molecule has 8 nitrogen and oxygen atoms in total. The van der Waals surface area contributed by atoms with Crippen LogP contribution in [-0.4, -0.2) is 35.3 Å². The summed E-state index contributed by atoms with van der Waals surface area (Å²) in [6.45, 7) is 4.96.